The van der Waals surface area contributed by atoms with E-state index in [1.165, 1.54) is 6.20 Å². The lowest BCUT2D eigenvalue weighted by Gasteiger charge is -2.08. The van der Waals surface area contributed by atoms with Gasteiger partial charge >= 0.3 is 5.97 Å². The summed E-state index contributed by atoms with van der Waals surface area (Å²) in [5.74, 6) is 0.433. The van der Waals surface area contributed by atoms with E-state index in [1.54, 1.807) is 19.2 Å². The van der Waals surface area contributed by atoms with Gasteiger partial charge in [-0.05, 0) is 13.0 Å². The molecule has 4 nitrogen and oxygen atoms in total. The molecule has 0 aromatic carbocycles. The maximum atomic E-state index is 11.0. The van der Waals surface area contributed by atoms with Gasteiger partial charge in [-0.3, -0.25) is 4.98 Å². The zero-order valence-corrected chi connectivity index (χ0v) is 9.16. The molecule has 0 aliphatic heterocycles. The molecule has 0 spiro atoms. The predicted octanol–water partition coefficient (Wildman–Crippen LogP) is 1.76. The van der Waals surface area contributed by atoms with Gasteiger partial charge in [0.2, 0.25) is 0 Å². The number of hydrogen-bond acceptors (Lipinski definition) is 4. The summed E-state index contributed by atoms with van der Waals surface area (Å²) in [4.78, 5) is 14.9. The molecule has 0 radical (unpaired) electrons. The molecule has 5 heteroatoms. The van der Waals surface area contributed by atoms with Crippen LogP contribution < -0.4 is 4.74 Å². The Morgan fingerprint density at radius 2 is 2.40 bits per heavy atom. The van der Waals surface area contributed by atoms with Crippen LogP contribution in [0.25, 0.3) is 0 Å². The molecule has 82 valence electrons. The molecular weight excluding hydrogens is 218 g/mol. The van der Waals surface area contributed by atoms with Crippen LogP contribution in [0.15, 0.2) is 18.5 Å². The normalized spacial score (nSPS) is 9.73. The van der Waals surface area contributed by atoms with E-state index in [2.05, 4.69) is 4.98 Å². The maximum Gasteiger partial charge on any atom is 0.344 e. The minimum Gasteiger partial charge on any atom is -0.480 e. The Labute approximate surface area is 93.2 Å². The molecule has 1 aromatic heterocycles. The first-order valence-electron chi connectivity index (χ1n) is 4.55. The molecular formula is C10H12ClNO3. The number of hydrogen-bond donors (Lipinski definition) is 0. The van der Waals surface area contributed by atoms with Gasteiger partial charge in [0.1, 0.15) is 5.75 Å². The van der Waals surface area contributed by atoms with E-state index in [9.17, 15) is 4.79 Å². The maximum absolute atomic E-state index is 11.0. The number of alkyl halides is 1. The lowest BCUT2D eigenvalue weighted by molar-refractivity contribution is -0.145. The molecule has 0 amide bonds. The Morgan fingerprint density at radius 3 is 3.07 bits per heavy atom. The second kappa shape index (κ2) is 6.24. The summed E-state index contributed by atoms with van der Waals surface area (Å²) in [5, 5.41) is 0. The number of pyridine rings is 1. The lowest BCUT2D eigenvalue weighted by Crippen LogP contribution is -2.15. The van der Waals surface area contributed by atoms with Gasteiger partial charge in [0, 0.05) is 11.8 Å². The fourth-order valence-corrected chi connectivity index (χ4v) is 1.21. The number of esters is 1. The van der Waals surface area contributed by atoms with Gasteiger partial charge in [-0.25, -0.2) is 4.79 Å². The van der Waals surface area contributed by atoms with Crippen molar-refractivity contribution in [2.45, 2.75) is 12.8 Å². The van der Waals surface area contributed by atoms with Crippen LogP contribution >= 0.6 is 11.6 Å². The second-order valence-corrected chi connectivity index (χ2v) is 2.98. The molecule has 0 atom stereocenters. The van der Waals surface area contributed by atoms with Crippen molar-refractivity contribution in [1.29, 1.82) is 0 Å². The van der Waals surface area contributed by atoms with Gasteiger partial charge in [-0.15, -0.1) is 11.6 Å². The van der Waals surface area contributed by atoms with Crippen LogP contribution in [0.4, 0.5) is 0 Å². The van der Waals surface area contributed by atoms with E-state index < -0.39 is 5.97 Å². The third-order valence-corrected chi connectivity index (χ3v) is 1.95. The van der Waals surface area contributed by atoms with Crippen molar-refractivity contribution in [2.24, 2.45) is 0 Å². The first-order valence-corrected chi connectivity index (χ1v) is 5.08. The Balaban J connectivity index is 2.53. The van der Waals surface area contributed by atoms with Crippen LogP contribution in [0.2, 0.25) is 0 Å². The minimum atomic E-state index is -0.401. The first-order chi connectivity index (χ1) is 7.27. The Hall–Kier alpha value is -1.29. The topological polar surface area (TPSA) is 48.4 Å². The Bertz CT molecular complexity index is 330. The third kappa shape index (κ3) is 3.75. The molecule has 0 aliphatic carbocycles. The predicted molar refractivity (Wildman–Crippen MR) is 55.9 cm³/mol. The molecule has 0 saturated carbocycles. The molecule has 0 bridgehead atoms. The van der Waals surface area contributed by atoms with Crippen molar-refractivity contribution in [2.75, 3.05) is 13.2 Å². The van der Waals surface area contributed by atoms with E-state index in [-0.39, 0.29) is 6.61 Å². The number of carbonyl (C=O) groups excluding carboxylic acids is 1. The van der Waals surface area contributed by atoms with Crippen molar-refractivity contribution >= 4 is 17.6 Å². The van der Waals surface area contributed by atoms with Crippen molar-refractivity contribution in [3.63, 3.8) is 0 Å². The quantitative estimate of drug-likeness (QED) is 0.570. The van der Waals surface area contributed by atoms with Gasteiger partial charge in [0.05, 0.1) is 18.7 Å². The van der Waals surface area contributed by atoms with Gasteiger partial charge in [-0.1, -0.05) is 0 Å². The van der Waals surface area contributed by atoms with Crippen LogP contribution in [0, 0.1) is 0 Å². The Morgan fingerprint density at radius 1 is 1.60 bits per heavy atom. The average Bonchev–Trinajstić information content (AvgIpc) is 2.27. The third-order valence-electron chi connectivity index (χ3n) is 1.66. The molecule has 1 heterocycles. The van der Waals surface area contributed by atoms with Crippen molar-refractivity contribution in [3.05, 3.63) is 24.0 Å². The van der Waals surface area contributed by atoms with Crippen molar-refractivity contribution < 1.29 is 14.3 Å². The smallest absolute Gasteiger partial charge is 0.344 e. The van der Waals surface area contributed by atoms with Crippen LogP contribution in [0.5, 0.6) is 5.75 Å². The molecule has 0 fully saturated rings. The van der Waals surface area contributed by atoms with E-state index in [1.807, 2.05) is 0 Å². The SMILES string of the molecule is CCOC(=O)COc1cnccc1CCl. The first kappa shape index (κ1) is 11.8. The largest absolute Gasteiger partial charge is 0.480 e. The average molecular weight is 230 g/mol. The van der Waals surface area contributed by atoms with Crippen molar-refractivity contribution in [3.8, 4) is 5.75 Å². The number of carbonyl (C=O) groups is 1. The fourth-order valence-electron chi connectivity index (χ4n) is 0.988. The number of nitrogens with zero attached hydrogens (tertiary/aromatic N) is 1. The highest BCUT2D eigenvalue weighted by Crippen LogP contribution is 2.18. The summed E-state index contributed by atoms with van der Waals surface area (Å²) in [7, 11) is 0. The van der Waals surface area contributed by atoms with Gasteiger partial charge in [0.25, 0.3) is 0 Å². The summed E-state index contributed by atoms with van der Waals surface area (Å²) in [6, 6.07) is 1.74. The number of ether oxygens (including phenoxy) is 2. The lowest BCUT2D eigenvalue weighted by atomic mass is 10.3. The molecule has 0 unspecified atom stereocenters. The highest BCUT2D eigenvalue weighted by molar-refractivity contribution is 6.17. The van der Waals surface area contributed by atoms with E-state index in [0.717, 1.165) is 5.56 Å². The summed E-state index contributed by atoms with van der Waals surface area (Å²) >= 11 is 5.68. The van der Waals surface area contributed by atoms with E-state index in [0.29, 0.717) is 18.2 Å². The van der Waals surface area contributed by atoms with E-state index >= 15 is 0 Å². The van der Waals surface area contributed by atoms with Crippen LogP contribution in [0.3, 0.4) is 0 Å². The molecule has 0 saturated heterocycles. The summed E-state index contributed by atoms with van der Waals surface area (Å²) in [5.41, 5.74) is 0.802. The van der Waals surface area contributed by atoms with Crippen LogP contribution in [-0.4, -0.2) is 24.2 Å². The van der Waals surface area contributed by atoms with Gasteiger partial charge in [-0.2, -0.15) is 0 Å². The fraction of sp³-hybridized carbons (Fsp3) is 0.400. The second-order valence-electron chi connectivity index (χ2n) is 2.71. The highest BCUT2D eigenvalue weighted by Gasteiger charge is 2.06. The molecule has 0 N–H and O–H groups in total. The molecule has 1 aromatic rings. The zero-order valence-electron chi connectivity index (χ0n) is 8.40. The number of aromatic nitrogens is 1. The molecule has 0 aliphatic rings. The summed E-state index contributed by atoms with van der Waals surface area (Å²) in [6.45, 7) is 1.97. The zero-order chi connectivity index (χ0) is 11.1. The van der Waals surface area contributed by atoms with E-state index in [4.69, 9.17) is 21.1 Å². The highest BCUT2D eigenvalue weighted by atomic mass is 35.5. The minimum absolute atomic E-state index is 0.122. The van der Waals surface area contributed by atoms with Crippen molar-refractivity contribution in [1.82, 2.24) is 4.98 Å². The summed E-state index contributed by atoms with van der Waals surface area (Å²) in [6.07, 6.45) is 3.14. The van der Waals surface area contributed by atoms with Gasteiger partial charge < -0.3 is 9.47 Å². The molecule has 15 heavy (non-hydrogen) atoms. The molecule has 1 rings (SSSR count). The number of halogens is 1. The monoisotopic (exact) mass is 229 g/mol. The summed E-state index contributed by atoms with van der Waals surface area (Å²) < 4.78 is 9.94. The number of rotatable bonds is 5. The van der Waals surface area contributed by atoms with Crippen LogP contribution in [0.1, 0.15) is 12.5 Å². The van der Waals surface area contributed by atoms with Crippen LogP contribution in [-0.2, 0) is 15.4 Å². The Kier molecular flexibility index (Phi) is 4.90. The standard InChI is InChI=1S/C10H12ClNO3/c1-2-14-10(13)7-15-9-6-12-4-3-8(9)5-11/h3-4,6H,2,5,7H2,1H3. The van der Waals surface area contributed by atoms with Gasteiger partial charge in [0.15, 0.2) is 6.61 Å².